The van der Waals surface area contributed by atoms with Crippen molar-refractivity contribution in [2.24, 2.45) is 0 Å². The number of carbonyl (C=O) groups excluding carboxylic acids is 1. The predicted octanol–water partition coefficient (Wildman–Crippen LogP) is -0.126. The normalized spacial score (nSPS) is 9.87. The number of aromatic amines is 1. The molecule has 0 aliphatic carbocycles. The number of pyridine rings is 1. The van der Waals surface area contributed by atoms with Crippen LogP contribution in [0.5, 0.6) is 0 Å². The van der Waals surface area contributed by atoms with Crippen LogP contribution in [0.1, 0.15) is 10.4 Å². The summed E-state index contributed by atoms with van der Waals surface area (Å²) in [7, 11) is 0. The van der Waals surface area contributed by atoms with E-state index < -0.39 is 5.91 Å². The van der Waals surface area contributed by atoms with Crippen LogP contribution in [0.15, 0.2) is 23.1 Å². The van der Waals surface area contributed by atoms with Gasteiger partial charge in [-0.25, -0.2) is 0 Å². The van der Waals surface area contributed by atoms with E-state index >= 15 is 0 Å². The maximum absolute atomic E-state index is 11.5. The van der Waals surface area contributed by atoms with Gasteiger partial charge in [0.15, 0.2) is 0 Å². The molecule has 1 amide bonds. The first kappa shape index (κ1) is 9.46. The van der Waals surface area contributed by atoms with Crippen molar-refractivity contribution in [3.63, 3.8) is 0 Å². The fourth-order valence-corrected chi connectivity index (χ4v) is 1.30. The topological polar surface area (TPSA) is 101 Å². The maximum atomic E-state index is 11.5. The van der Waals surface area contributed by atoms with Crippen LogP contribution in [0.2, 0.25) is 0 Å². The Balaban J connectivity index is 2.18. The maximum Gasteiger partial charge on any atom is 0.257 e. The van der Waals surface area contributed by atoms with Crippen molar-refractivity contribution in [1.82, 2.24) is 19.8 Å². The highest BCUT2D eigenvalue weighted by molar-refractivity contribution is 7.09. The van der Waals surface area contributed by atoms with Crippen LogP contribution in [0.4, 0.5) is 5.13 Å². The molecule has 2 rings (SSSR count). The molecule has 0 fully saturated rings. The highest BCUT2D eigenvalue weighted by Crippen LogP contribution is 2.06. The lowest BCUT2D eigenvalue weighted by molar-refractivity contribution is 0.102. The van der Waals surface area contributed by atoms with Gasteiger partial charge < -0.3 is 4.98 Å². The Morgan fingerprint density at radius 3 is 3.07 bits per heavy atom. The van der Waals surface area contributed by atoms with Crippen molar-refractivity contribution in [1.29, 1.82) is 0 Å². The van der Waals surface area contributed by atoms with E-state index in [4.69, 9.17) is 0 Å². The van der Waals surface area contributed by atoms with Gasteiger partial charge in [-0.05, 0) is 11.3 Å². The first-order chi connectivity index (χ1) is 7.25. The molecule has 0 saturated carbocycles. The Bertz CT molecular complexity index is 520. The molecule has 0 radical (unpaired) electrons. The van der Waals surface area contributed by atoms with Crippen molar-refractivity contribution in [3.05, 3.63) is 34.2 Å². The van der Waals surface area contributed by atoms with Gasteiger partial charge in [0.25, 0.3) is 5.91 Å². The molecule has 0 unspecified atom stereocenters. The van der Waals surface area contributed by atoms with Crippen molar-refractivity contribution in [2.45, 2.75) is 0 Å². The van der Waals surface area contributed by atoms with E-state index in [1.807, 2.05) is 0 Å². The Morgan fingerprint density at radius 2 is 2.40 bits per heavy atom. The lowest BCUT2D eigenvalue weighted by atomic mass is 10.2. The van der Waals surface area contributed by atoms with Gasteiger partial charge >= 0.3 is 0 Å². The summed E-state index contributed by atoms with van der Waals surface area (Å²) in [6, 6.07) is 2.69. The first-order valence-corrected chi connectivity index (χ1v) is 4.68. The Hall–Kier alpha value is -2.09. The quantitative estimate of drug-likeness (QED) is 0.738. The van der Waals surface area contributed by atoms with Gasteiger partial charge in [0.2, 0.25) is 10.7 Å². The van der Waals surface area contributed by atoms with E-state index in [1.165, 1.54) is 18.3 Å². The fourth-order valence-electron chi connectivity index (χ4n) is 0.937. The zero-order chi connectivity index (χ0) is 10.7. The second-order valence-electron chi connectivity index (χ2n) is 2.56. The van der Waals surface area contributed by atoms with Crippen molar-refractivity contribution in [2.75, 3.05) is 5.32 Å². The third-order valence-corrected chi connectivity index (χ3v) is 2.07. The molecule has 0 aliphatic heterocycles. The van der Waals surface area contributed by atoms with E-state index in [-0.39, 0.29) is 11.1 Å². The van der Waals surface area contributed by atoms with E-state index in [9.17, 15) is 9.59 Å². The number of nitrogens with one attached hydrogen (secondary N) is 2. The number of hydrogen-bond donors (Lipinski definition) is 2. The van der Waals surface area contributed by atoms with Crippen LogP contribution >= 0.6 is 11.5 Å². The van der Waals surface area contributed by atoms with Gasteiger partial charge in [-0.15, -0.1) is 0 Å². The third kappa shape index (κ3) is 2.23. The Kier molecular flexibility index (Phi) is 2.50. The summed E-state index contributed by atoms with van der Waals surface area (Å²) < 4.78 is 3.48. The monoisotopic (exact) mass is 223 g/mol. The summed E-state index contributed by atoms with van der Waals surface area (Å²) in [4.78, 5) is 24.8. The highest BCUT2D eigenvalue weighted by Gasteiger charge is 2.08. The van der Waals surface area contributed by atoms with Crippen molar-refractivity contribution < 1.29 is 4.79 Å². The minimum atomic E-state index is -0.417. The Morgan fingerprint density at radius 1 is 1.53 bits per heavy atom. The molecule has 2 heterocycles. The van der Waals surface area contributed by atoms with Gasteiger partial charge in [-0.2, -0.15) is 0 Å². The molecule has 0 aromatic carbocycles. The predicted molar refractivity (Wildman–Crippen MR) is 52.7 cm³/mol. The molecule has 2 aromatic rings. The smallest absolute Gasteiger partial charge is 0.257 e. The molecule has 2 aromatic heterocycles. The number of anilines is 1. The average Bonchev–Trinajstić information content (AvgIpc) is 2.70. The summed E-state index contributed by atoms with van der Waals surface area (Å²) in [5.74, 6) is -0.417. The molecule has 0 aliphatic rings. The van der Waals surface area contributed by atoms with E-state index in [2.05, 4.69) is 25.1 Å². The summed E-state index contributed by atoms with van der Waals surface area (Å²) in [6.45, 7) is 0. The van der Waals surface area contributed by atoms with E-state index in [0.717, 1.165) is 11.5 Å². The van der Waals surface area contributed by atoms with Gasteiger partial charge in [0, 0.05) is 29.4 Å². The van der Waals surface area contributed by atoms with Gasteiger partial charge in [-0.3, -0.25) is 14.9 Å². The number of rotatable bonds is 2. The molecular formula is C7H5N5O2S. The largest absolute Gasteiger partial charge is 0.329 e. The molecule has 2 N–H and O–H groups in total. The minimum absolute atomic E-state index is 0.258. The van der Waals surface area contributed by atoms with Crippen LogP contribution in [-0.2, 0) is 0 Å². The second kappa shape index (κ2) is 3.96. The van der Waals surface area contributed by atoms with Crippen molar-refractivity contribution >= 4 is 22.6 Å². The SMILES string of the molecule is O=C(Nc1nnns1)c1cc[nH]c(=O)c1. The molecule has 15 heavy (non-hydrogen) atoms. The molecule has 0 bridgehead atoms. The minimum Gasteiger partial charge on any atom is -0.329 e. The van der Waals surface area contributed by atoms with Crippen LogP contribution in [0, 0.1) is 0 Å². The number of amides is 1. The summed E-state index contributed by atoms with van der Waals surface area (Å²) in [5, 5.41) is 9.61. The lowest BCUT2D eigenvalue weighted by Crippen LogP contribution is -2.15. The fraction of sp³-hybridized carbons (Fsp3) is 0. The number of carbonyl (C=O) groups is 1. The molecule has 0 spiro atoms. The Labute approximate surface area is 87.3 Å². The van der Waals surface area contributed by atoms with Gasteiger partial charge in [0.1, 0.15) is 0 Å². The first-order valence-electron chi connectivity index (χ1n) is 3.91. The summed E-state index contributed by atoms with van der Waals surface area (Å²) in [5.41, 5.74) is -0.0769. The zero-order valence-electron chi connectivity index (χ0n) is 7.30. The highest BCUT2D eigenvalue weighted by atomic mass is 32.1. The molecule has 8 heteroatoms. The van der Waals surface area contributed by atoms with Crippen LogP contribution in [0.25, 0.3) is 0 Å². The van der Waals surface area contributed by atoms with Gasteiger partial charge in [0.05, 0.1) is 0 Å². The number of nitrogens with zero attached hydrogens (tertiary/aromatic N) is 3. The molecule has 76 valence electrons. The van der Waals surface area contributed by atoms with Crippen LogP contribution in [-0.4, -0.2) is 25.7 Å². The number of H-pyrrole nitrogens is 1. The average molecular weight is 223 g/mol. The lowest BCUT2D eigenvalue weighted by Gasteiger charge is -1.98. The second-order valence-corrected chi connectivity index (χ2v) is 3.30. The zero-order valence-corrected chi connectivity index (χ0v) is 8.11. The summed E-state index contributed by atoms with van der Waals surface area (Å²) in [6.07, 6.45) is 1.40. The standard InChI is InChI=1S/C7H5N5O2S/c13-5-3-4(1-2-8-5)6(14)9-7-10-11-12-15-7/h1-3H,(H,8,13)(H,9,10,12,14). The van der Waals surface area contributed by atoms with E-state index in [1.54, 1.807) is 0 Å². The van der Waals surface area contributed by atoms with Gasteiger partial charge in [-0.1, -0.05) is 9.59 Å². The molecule has 0 saturated heterocycles. The third-order valence-electron chi connectivity index (χ3n) is 1.56. The molecule has 7 nitrogen and oxygen atoms in total. The number of hydrogen-bond acceptors (Lipinski definition) is 6. The van der Waals surface area contributed by atoms with Crippen LogP contribution in [0.3, 0.4) is 0 Å². The van der Waals surface area contributed by atoms with Crippen molar-refractivity contribution in [3.8, 4) is 0 Å². The number of aromatic nitrogens is 4. The summed E-state index contributed by atoms with van der Waals surface area (Å²) >= 11 is 0.960. The molecule has 0 atom stereocenters. The van der Waals surface area contributed by atoms with Crippen LogP contribution < -0.4 is 10.9 Å². The van der Waals surface area contributed by atoms with E-state index in [0.29, 0.717) is 5.13 Å². The molecular weight excluding hydrogens is 218 g/mol.